The highest BCUT2D eigenvalue weighted by molar-refractivity contribution is 5.95. The molecular formula is C10H9F4NO4. The van der Waals surface area contributed by atoms with Gasteiger partial charge >= 0.3 is 12.1 Å². The summed E-state index contributed by atoms with van der Waals surface area (Å²) in [6, 6.07) is 0.553. The van der Waals surface area contributed by atoms with Crippen molar-refractivity contribution in [2.45, 2.75) is 6.18 Å². The first-order valence-electron chi connectivity index (χ1n) is 4.74. The van der Waals surface area contributed by atoms with E-state index in [1.807, 2.05) is 0 Å². The first-order valence-corrected chi connectivity index (χ1v) is 4.74. The first kappa shape index (κ1) is 15.2. The molecule has 0 spiro atoms. The number of ether oxygens (including phenoxy) is 1. The molecule has 0 heterocycles. The van der Waals surface area contributed by atoms with Crippen LogP contribution in [0.25, 0.3) is 0 Å². The summed E-state index contributed by atoms with van der Waals surface area (Å²) in [6.07, 6.45) is -4.98. The number of carbonyl (C=O) groups is 1. The van der Waals surface area contributed by atoms with Crippen molar-refractivity contribution in [2.75, 3.05) is 19.4 Å². The molecule has 0 atom stereocenters. The number of hydrogen-bond donors (Lipinski definition) is 1. The van der Waals surface area contributed by atoms with Gasteiger partial charge < -0.3 is 4.74 Å². The van der Waals surface area contributed by atoms with Crippen molar-refractivity contribution < 1.29 is 37.1 Å². The van der Waals surface area contributed by atoms with E-state index in [9.17, 15) is 27.6 Å². The number of methoxy groups -OCH3 is 1. The molecule has 0 fully saturated rings. The lowest BCUT2D eigenvalue weighted by molar-refractivity contribution is -0.140. The summed E-state index contributed by atoms with van der Waals surface area (Å²) in [5.74, 6) is -2.79. The maximum absolute atomic E-state index is 13.3. The van der Waals surface area contributed by atoms with Gasteiger partial charge in [0.05, 0.1) is 25.3 Å². The van der Waals surface area contributed by atoms with Gasteiger partial charge in [0.25, 0.3) is 0 Å². The lowest BCUT2D eigenvalue weighted by Crippen LogP contribution is -2.21. The van der Waals surface area contributed by atoms with E-state index in [2.05, 4.69) is 9.57 Å². The maximum Gasteiger partial charge on any atom is 0.419 e. The number of anilines is 1. The Morgan fingerprint density at radius 2 is 1.89 bits per heavy atom. The van der Waals surface area contributed by atoms with Gasteiger partial charge in [-0.1, -0.05) is 0 Å². The number of benzene rings is 1. The minimum atomic E-state index is -4.98. The summed E-state index contributed by atoms with van der Waals surface area (Å²) >= 11 is 0. The molecule has 1 aromatic carbocycles. The van der Waals surface area contributed by atoms with Gasteiger partial charge in [0, 0.05) is 0 Å². The summed E-state index contributed by atoms with van der Waals surface area (Å²) in [7, 11) is 1.90. The smallest absolute Gasteiger partial charge is 0.419 e. The van der Waals surface area contributed by atoms with E-state index in [-0.39, 0.29) is 11.3 Å². The van der Waals surface area contributed by atoms with Crippen LogP contribution in [0.2, 0.25) is 0 Å². The van der Waals surface area contributed by atoms with Gasteiger partial charge in [-0.2, -0.15) is 13.2 Å². The van der Waals surface area contributed by atoms with Gasteiger partial charge in [-0.3, -0.25) is 10.0 Å². The Morgan fingerprint density at radius 3 is 2.32 bits per heavy atom. The van der Waals surface area contributed by atoms with Crippen LogP contribution in [-0.4, -0.2) is 25.4 Å². The number of nitrogens with zero attached hydrogens (tertiary/aromatic N) is 1. The maximum atomic E-state index is 13.3. The number of carbonyl (C=O) groups excluding carboxylic acids is 1. The highest BCUT2D eigenvalue weighted by Gasteiger charge is 2.36. The Hall–Kier alpha value is -1.87. The molecule has 106 valence electrons. The van der Waals surface area contributed by atoms with Crippen molar-refractivity contribution in [1.29, 1.82) is 0 Å². The number of hydrogen-bond acceptors (Lipinski definition) is 5. The molecule has 0 amide bonds. The molecule has 0 unspecified atom stereocenters. The summed E-state index contributed by atoms with van der Waals surface area (Å²) in [4.78, 5) is 15.6. The average molecular weight is 283 g/mol. The van der Waals surface area contributed by atoms with Crippen molar-refractivity contribution in [3.8, 4) is 0 Å². The molecule has 0 saturated heterocycles. The van der Waals surface area contributed by atoms with Crippen LogP contribution >= 0.6 is 0 Å². The molecule has 1 aromatic rings. The van der Waals surface area contributed by atoms with E-state index >= 15 is 0 Å². The van der Waals surface area contributed by atoms with Crippen LogP contribution < -0.4 is 5.23 Å². The molecule has 0 aromatic heterocycles. The molecule has 19 heavy (non-hydrogen) atoms. The van der Waals surface area contributed by atoms with Crippen LogP contribution in [0.3, 0.4) is 0 Å². The van der Waals surface area contributed by atoms with Gasteiger partial charge in [0.2, 0.25) is 0 Å². The van der Waals surface area contributed by atoms with E-state index < -0.39 is 34.8 Å². The number of esters is 1. The lowest BCUT2D eigenvalue weighted by Gasteiger charge is -2.18. The molecule has 9 heteroatoms. The Morgan fingerprint density at radius 1 is 1.32 bits per heavy atom. The third kappa shape index (κ3) is 3.12. The molecule has 1 N–H and O–H groups in total. The van der Waals surface area contributed by atoms with E-state index in [0.29, 0.717) is 6.07 Å². The van der Waals surface area contributed by atoms with Crippen LogP contribution in [0.5, 0.6) is 0 Å². The van der Waals surface area contributed by atoms with Crippen LogP contribution in [-0.2, 0) is 15.8 Å². The van der Waals surface area contributed by atoms with Gasteiger partial charge in [-0.05, 0) is 12.1 Å². The number of rotatable bonds is 3. The summed E-state index contributed by atoms with van der Waals surface area (Å²) < 4.78 is 55.1. The first-order chi connectivity index (χ1) is 8.72. The zero-order valence-corrected chi connectivity index (χ0v) is 9.79. The molecule has 0 aliphatic rings. The Balaban J connectivity index is 3.50. The lowest BCUT2D eigenvalue weighted by atomic mass is 10.1. The standard InChI is InChI=1S/C10H9F4NO4/c1-18-9(16)5-3-7(11)6(10(12,13)14)4-8(5)15(17)19-2/h3-4,17H,1-2H3. The second-order valence-corrected chi connectivity index (χ2v) is 3.29. The Bertz CT molecular complexity index is 489. The topological polar surface area (TPSA) is 59.0 Å². The second-order valence-electron chi connectivity index (χ2n) is 3.29. The molecule has 0 aliphatic heterocycles. The normalized spacial score (nSPS) is 11.3. The van der Waals surface area contributed by atoms with Crippen molar-refractivity contribution >= 4 is 11.7 Å². The molecule has 0 radical (unpaired) electrons. The average Bonchev–Trinajstić information content (AvgIpc) is 2.35. The summed E-state index contributed by atoms with van der Waals surface area (Å²) in [6.45, 7) is 0. The second kappa shape index (κ2) is 5.41. The van der Waals surface area contributed by atoms with Crippen LogP contribution in [0.15, 0.2) is 12.1 Å². The van der Waals surface area contributed by atoms with E-state index in [1.165, 1.54) is 0 Å². The highest BCUT2D eigenvalue weighted by atomic mass is 19.4. The number of alkyl halides is 3. The fourth-order valence-electron chi connectivity index (χ4n) is 1.31. The SMILES string of the molecule is COC(=O)c1cc(F)c(C(F)(F)F)cc1N(O)OC. The van der Waals surface area contributed by atoms with Crippen molar-refractivity contribution in [1.82, 2.24) is 0 Å². The fourth-order valence-corrected chi connectivity index (χ4v) is 1.31. The largest absolute Gasteiger partial charge is 0.465 e. The molecule has 5 nitrogen and oxygen atoms in total. The molecule has 0 aliphatic carbocycles. The summed E-state index contributed by atoms with van der Waals surface area (Å²) in [5.41, 5.74) is -2.95. The Kier molecular flexibility index (Phi) is 4.32. The van der Waals surface area contributed by atoms with E-state index in [4.69, 9.17) is 0 Å². The Labute approximate surface area is 104 Å². The monoisotopic (exact) mass is 283 g/mol. The minimum absolute atomic E-state index is 0.0963. The van der Waals surface area contributed by atoms with Gasteiger partial charge in [0.1, 0.15) is 11.5 Å². The van der Waals surface area contributed by atoms with Crippen molar-refractivity contribution in [2.24, 2.45) is 0 Å². The van der Waals surface area contributed by atoms with Crippen molar-refractivity contribution in [3.63, 3.8) is 0 Å². The number of halogens is 4. The zero-order chi connectivity index (χ0) is 14.8. The predicted molar refractivity (Wildman–Crippen MR) is 54.0 cm³/mol. The fraction of sp³-hybridized carbons (Fsp3) is 0.300. The van der Waals surface area contributed by atoms with Crippen LogP contribution in [0, 0.1) is 5.82 Å². The van der Waals surface area contributed by atoms with E-state index in [0.717, 1.165) is 14.2 Å². The van der Waals surface area contributed by atoms with Gasteiger partial charge in [-0.15, -0.1) is 5.23 Å². The van der Waals surface area contributed by atoms with E-state index in [1.54, 1.807) is 0 Å². The highest BCUT2D eigenvalue weighted by Crippen LogP contribution is 2.35. The third-order valence-corrected chi connectivity index (χ3v) is 2.18. The molecule has 0 saturated carbocycles. The minimum Gasteiger partial charge on any atom is -0.465 e. The van der Waals surface area contributed by atoms with Gasteiger partial charge in [-0.25, -0.2) is 9.18 Å². The molecule has 0 bridgehead atoms. The zero-order valence-electron chi connectivity index (χ0n) is 9.79. The van der Waals surface area contributed by atoms with Crippen LogP contribution in [0.1, 0.15) is 15.9 Å². The quantitative estimate of drug-likeness (QED) is 0.524. The summed E-state index contributed by atoms with van der Waals surface area (Å²) in [5, 5.41) is 9.15. The van der Waals surface area contributed by atoms with Crippen LogP contribution in [0.4, 0.5) is 23.2 Å². The molecule has 1 rings (SSSR count). The van der Waals surface area contributed by atoms with Gasteiger partial charge in [0.15, 0.2) is 0 Å². The predicted octanol–water partition coefficient (Wildman–Crippen LogP) is 2.39. The third-order valence-electron chi connectivity index (χ3n) is 2.18. The van der Waals surface area contributed by atoms with Crippen molar-refractivity contribution in [3.05, 3.63) is 29.1 Å². The molecular weight excluding hydrogens is 274 g/mol.